The van der Waals surface area contributed by atoms with Crippen LogP contribution in [0.25, 0.3) is 11.4 Å². The minimum absolute atomic E-state index is 0.632. The Bertz CT molecular complexity index is 515. The molecule has 2 aromatic rings. The fraction of sp³-hybridized carbons (Fsp3) is 0.429. The largest absolute Gasteiger partial charge is 0.317 e. The summed E-state index contributed by atoms with van der Waals surface area (Å²) in [5, 5.41) is 4.69. The summed E-state index contributed by atoms with van der Waals surface area (Å²) in [4.78, 5) is 10.5. The van der Waals surface area contributed by atoms with Crippen molar-refractivity contribution in [2.45, 2.75) is 25.7 Å². The van der Waals surface area contributed by atoms with E-state index in [9.17, 15) is 0 Å². The predicted molar refractivity (Wildman–Crippen MR) is 74.9 cm³/mol. The number of rotatable bonds is 2. The van der Waals surface area contributed by atoms with Gasteiger partial charge in [0.2, 0.25) is 0 Å². The molecule has 0 radical (unpaired) electrons. The van der Waals surface area contributed by atoms with Crippen LogP contribution in [0.1, 0.15) is 28.6 Å². The molecule has 3 nitrogen and oxygen atoms in total. The molecule has 0 aliphatic carbocycles. The van der Waals surface area contributed by atoms with Crippen LogP contribution in [0.2, 0.25) is 0 Å². The van der Waals surface area contributed by atoms with Crippen molar-refractivity contribution in [1.82, 2.24) is 15.3 Å². The van der Waals surface area contributed by atoms with Crippen LogP contribution in [0.4, 0.5) is 0 Å². The van der Waals surface area contributed by atoms with Gasteiger partial charge in [0.15, 0.2) is 0 Å². The SMILES string of the molecule is Cc1sc(C2CCNCC2)nc1-c1ccccn1. The monoisotopic (exact) mass is 259 g/mol. The smallest absolute Gasteiger partial charge is 0.103 e. The van der Waals surface area contributed by atoms with Crippen LogP contribution in [0.3, 0.4) is 0 Å². The first-order chi connectivity index (χ1) is 8.84. The van der Waals surface area contributed by atoms with Crippen molar-refractivity contribution in [3.05, 3.63) is 34.3 Å². The van der Waals surface area contributed by atoms with Gasteiger partial charge in [-0.3, -0.25) is 4.98 Å². The van der Waals surface area contributed by atoms with Gasteiger partial charge < -0.3 is 5.32 Å². The average molecular weight is 259 g/mol. The van der Waals surface area contributed by atoms with Gasteiger partial charge in [0, 0.05) is 17.0 Å². The molecule has 3 rings (SSSR count). The average Bonchev–Trinajstić information content (AvgIpc) is 2.83. The summed E-state index contributed by atoms with van der Waals surface area (Å²) in [6.45, 7) is 4.37. The summed E-state index contributed by atoms with van der Waals surface area (Å²) in [6, 6.07) is 6.00. The topological polar surface area (TPSA) is 37.8 Å². The Morgan fingerprint density at radius 2 is 2.11 bits per heavy atom. The zero-order chi connectivity index (χ0) is 12.4. The quantitative estimate of drug-likeness (QED) is 0.901. The molecular weight excluding hydrogens is 242 g/mol. The first-order valence-corrected chi connectivity index (χ1v) is 7.25. The minimum atomic E-state index is 0.632. The highest BCUT2D eigenvalue weighted by Crippen LogP contribution is 2.33. The van der Waals surface area contributed by atoms with Gasteiger partial charge in [0.25, 0.3) is 0 Å². The van der Waals surface area contributed by atoms with E-state index in [0.29, 0.717) is 5.92 Å². The summed E-state index contributed by atoms with van der Waals surface area (Å²) in [7, 11) is 0. The molecule has 1 aliphatic heterocycles. The van der Waals surface area contributed by atoms with Gasteiger partial charge in [-0.15, -0.1) is 11.3 Å². The van der Waals surface area contributed by atoms with E-state index in [-0.39, 0.29) is 0 Å². The predicted octanol–water partition coefficient (Wildman–Crippen LogP) is 2.98. The second-order valence-electron chi connectivity index (χ2n) is 4.70. The number of nitrogens with zero attached hydrogens (tertiary/aromatic N) is 2. The van der Waals surface area contributed by atoms with Crippen LogP contribution < -0.4 is 5.32 Å². The summed E-state index contributed by atoms with van der Waals surface area (Å²) >= 11 is 1.84. The highest BCUT2D eigenvalue weighted by molar-refractivity contribution is 7.12. The maximum Gasteiger partial charge on any atom is 0.103 e. The van der Waals surface area contributed by atoms with E-state index in [4.69, 9.17) is 4.98 Å². The van der Waals surface area contributed by atoms with E-state index < -0.39 is 0 Å². The molecule has 0 unspecified atom stereocenters. The molecule has 2 aromatic heterocycles. The van der Waals surface area contributed by atoms with Gasteiger partial charge in [-0.05, 0) is 45.0 Å². The second-order valence-corrected chi connectivity index (χ2v) is 5.93. The van der Waals surface area contributed by atoms with Gasteiger partial charge in [0.1, 0.15) is 5.69 Å². The lowest BCUT2D eigenvalue weighted by Crippen LogP contribution is -2.26. The highest BCUT2D eigenvalue weighted by Gasteiger charge is 2.20. The van der Waals surface area contributed by atoms with Crippen LogP contribution in [-0.2, 0) is 0 Å². The number of aromatic nitrogens is 2. The first-order valence-electron chi connectivity index (χ1n) is 6.44. The zero-order valence-corrected chi connectivity index (χ0v) is 11.3. The van der Waals surface area contributed by atoms with Gasteiger partial charge >= 0.3 is 0 Å². The number of aryl methyl sites for hydroxylation is 1. The lowest BCUT2D eigenvalue weighted by atomic mass is 9.99. The van der Waals surface area contributed by atoms with Crippen molar-refractivity contribution in [2.75, 3.05) is 13.1 Å². The van der Waals surface area contributed by atoms with Crippen molar-refractivity contribution >= 4 is 11.3 Å². The molecule has 1 aliphatic rings. The van der Waals surface area contributed by atoms with Crippen molar-refractivity contribution < 1.29 is 0 Å². The lowest BCUT2D eigenvalue weighted by Gasteiger charge is -2.20. The maximum absolute atomic E-state index is 4.83. The Balaban J connectivity index is 1.91. The van der Waals surface area contributed by atoms with Crippen LogP contribution in [0.15, 0.2) is 24.4 Å². The van der Waals surface area contributed by atoms with Gasteiger partial charge in [0.05, 0.1) is 10.7 Å². The molecule has 1 N–H and O–H groups in total. The summed E-state index contributed by atoms with van der Waals surface area (Å²) in [5.74, 6) is 0.632. The van der Waals surface area contributed by atoms with E-state index in [1.165, 1.54) is 22.7 Å². The number of hydrogen-bond donors (Lipinski definition) is 1. The molecule has 0 bridgehead atoms. The fourth-order valence-corrected chi connectivity index (χ4v) is 3.50. The summed E-state index contributed by atoms with van der Waals surface area (Å²) < 4.78 is 0. The molecule has 94 valence electrons. The van der Waals surface area contributed by atoms with Crippen LogP contribution in [0, 0.1) is 6.92 Å². The van der Waals surface area contributed by atoms with Crippen LogP contribution in [0.5, 0.6) is 0 Å². The van der Waals surface area contributed by atoms with E-state index in [0.717, 1.165) is 24.5 Å². The Hall–Kier alpha value is -1.26. The van der Waals surface area contributed by atoms with Crippen LogP contribution >= 0.6 is 11.3 Å². The molecule has 0 saturated carbocycles. The molecule has 0 amide bonds. The fourth-order valence-electron chi connectivity index (χ4n) is 2.40. The molecule has 18 heavy (non-hydrogen) atoms. The van der Waals surface area contributed by atoms with Crippen molar-refractivity contribution in [3.63, 3.8) is 0 Å². The number of thiazole rings is 1. The van der Waals surface area contributed by atoms with E-state index in [2.05, 4.69) is 17.2 Å². The first kappa shape index (κ1) is 11.8. The number of pyridine rings is 1. The van der Waals surface area contributed by atoms with E-state index in [1.807, 2.05) is 35.7 Å². The molecule has 4 heteroatoms. The third-order valence-corrected chi connectivity index (χ3v) is 4.54. The molecule has 1 fully saturated rings. The number of piperidine rings is 1. The van der Waals surface area contributed by atoms with E-state index >= 15 is 0 Å². The Morgan fingerprint density at radius 3 is 2.83 bits per heavy atom. The van der Waals surface area contributed by atoms with Gasteiger partial charge in [-0.1, -0.05) is 6.07 Å². The van der Waals surface area contributed by atoms with Crippen molar-refractivity contribution in [1.29, 1.82) is 0 Å². The third kappa shape index (κ3) is 2.31. The Morgan fingerprint density at radius 1 is 1.28 bits per heavy atom. The third-order valence-electron chi connectivity index (χ3n) is 3.41. The normalized spacial score (nSPS) is 16.9. The van der Waals surface area contributed by atoms with Crippen molar-refractivity contribution in [3.8, 4) is 11.4 Å². The Labute approximate surface area is 111 Å². The maximum atomic E-state index is 4.83. The second kappa shape index (κ2) is 5.16. The molecule has 1 saturated heterocycles. The summed E-state index contributed by atoms with van der Waals surface area (Å²) in [6.07, 6.45) is 4.24. The molecule has 0 spiro atoms. The highest BCUT2D eigenvalue weighted by atomic mass is 32.1. The molecule has 0 aromatic carbocycles. The van der Waals surface area contributed by atoms with E-state index in [1.54, 1.807) is 0 Å². The van der Waals surface area contributed by atoms with Crippen molar-refractivity contribution in [2.24, 2.45) is 0 Å². The lowest BCUT2D eigenvalue weighted by molar-refractivity contribution is 0.459. The van der Waals surface area contributed by atoms with Crippen LogP contribution in [-0.4, -0.2) is 23.1 Å². The van der Waals surface area contributed by atoms with Gasteiger partial charge in [-0.25, -0.2) is 4.98 Å². The zero-order valence-electron chi connectivity index (χ0n) is 10.5. The molecule has 3 heterocycles. The standard InChI is InChI=1S/C14H17N3S/c1-10-13(12-4-2-3-7-16-12)17-14(18-10)11-5-8-15-9-6-11/h2-4,7,11,15H,5-6,8-9H2,1H3. The Kier molecular flexibility index (Phi) is 3.39. The van der Waals surface area contributed by atoms with Gasteiger partial charge in [-0.2, -0.15) is 0 Å². The minimum Gasteiger partial charge on any atom is -0.317 e. The number of nitrogens with one attached hydrogen (secondary N) is 1. The molecular formula is C14H17N3S. The molecule has 0 atom stereocenters. The summed E-state index contributed by atoms with van der Waals surface area (Å²) in [5.41, 5.74) is 2.06. The number of hydrogen-bond acceptors (Lipinski definition) is 4.